The number of fused-ring (bicyclic) bond motifs is 1. The van der Waals surface area contributed by atoms with Crippen molar-refractivity contribution in [1.29, 1.82) is 0 Å². The lowest BCUT2D eigenvalue weighted by atomic mass is 10.0. The van der Waals surface area contributed by atoms with Crippen molar-refractivity contribution < 1.29 is 40.3 Å². The first-order valence-corrected chi connectivity index (χ1v) is 11.7. The van der Waals surface area contributed by atoms with Crippen LogP contribution in [0.5, 0.6) is 0 Å². The molecule has 0 aromatic heterocycles. The highest BCUT2D eigenvalue weighted by molar-refractivity contribution is 7.89. The average Bonchev–Trinajstić information content (AvgIpc) is 2.77. The monoisotopic (exact) mass is 494 g/mol. The topological polar surface area (TPSA) is 99.3 Å². The summed E-state index contributed by atoms with van der Waals surface area (Å²) in [6.07, 6.45) is -4.69. The lowest BCUT2D eigenvalue weighted by molar-refractivity contribution is -0.140. The zero-order valence-electron chi connectivity index (χ0n) is 17.3. The molecule has 33 heavy (non-hydrogen) atoms. The number of alkyl halides is 3. The number of halogens is 4. The summed E-state index contributed by atoms with van der Waals surface area (Å²) >= 11 is 0. The first-order chi connectivity index (χ1) is 15.5. The number of hydrogen-bond donors (Lipinski definition) is 1. The molecule has 3 aliphatic heterocycles. The van der Waals surface area contributed by atoms with Crippen LogP contribution in [-0.4, -0.2) is 92.5 Å². The maximum absolute atomic E-state index is 13.4. The van der Waals surface area contributed by atoms with E-state index in [9.17, 15) is 35.6 Å². The minimum absolute atomic E-state index is 0.0182. The molecule has 14 heteroatoms. The molecule has 9 nitrogen and oxygen atoms in total. The van der Waals surface area contributed by atoms with E-state index in [-0.39, 0.29) is 69.5 Å². The van der Waals surface area contributed by atoms with Crippen LogP contribution in [0.15, 0.2) is 23.1 Å². The van der Waals surface area contributed by atoms with Gasteiger partial charge in [0.25, 0.3) is 0 Å². The normalized spacial score (nSPS) is 24.9. The average molecular weight is 494 g/mol. The molecule has 0 bridgehead atoms. The third-order valence-electron chi connectivity index (χ3n) is 5.97. The Morgan fingerprint density at radius 1 is 1.09 bits per heavy atom. The van der Waals surface area contributed by atoms with E-state index in [1.807, 2.05) is 0 Å². The maximum atomic E-state index is 13.4. The van der Waals surface area contributed by atoms with E-state index in [2.05, 4.69) is 5.32 Å². The molecule has 1 N–H and O–H groups in total. The number of nitrogens with zero attached hydrogens (tertiary/aromatic N) is 3. The highest BCUT2D eigenvalue weighted by Gasteiger charge is 2.42. The number of hydrogen-bond acceptors (Lipinski definition) is 5. The van der Waals surface area contributed by atoms with Gasteiger partial charge in [0, 0.05) is 39.3 Å². The van der Waals surface area contributed by atoms with E-state index in [1.54, 1.807) is 4.90 Å². The summed E-state index contributed by atoms with van der Waals surface area (Å²) in [5.41, 5.74) is -1.57. The van der Waals surface area contributed by atoms with E-state index in [4.69, 9.17) is 4.74 Å². The fraction of sp³-hybridized carbons (Fsp3) is 0.579. The summed E-state index contributed by atoms with van der Waals surface area (Å²) in [5.74, 6) is -1.46. The molecular formula is C19H22F4N4O5S. The minimum Gasteiger partial charge on any atom is -0.366 e. The number of morpholine rings is 1. The molecule has 0 radical (unpaired) electrons. The van der Waals surface area contributed by atoms with Crippen LogP contribution in [0.25, 0.3) is 0 Å². The second kappa shape index (κ2) is 8.72. The minimum atomic E-state index is -5.05. The molecule has 1 aromatic carbocycles. The SMILES string of the molecule is O=C1CO[C@H]2CCN(C(=O)N3CCN(S(=O)(=O)c4ccc(F)cc4C(F)(F)F)CC3)C[C@H]2N1. The summed E-state index contributed by atoms with van der Waals surface area (Å²) in [6.45, 7) is 0.180. The van der Waals surface area contributed by atoms with Crippen LogP contribution in [-0.2, 0) is 25.7 Å². The Morgan fingerprint density at radius 3 is 2.45 bits per heavy atom. The largest absolute Gasteiger partial charge is 0.417 e. The van der Waals surface area contributed by atoms with E-state index in [1.165, 1.54) is 4.90 Å². The van der Waals surface area contributed by atoms with Crippen molar-refractivity contribution in [2.24, 2.45) is 0 Å². The smallest absolute Gasteiger partial charge is 0.366 e. The first kappa shape index (κ1) is 23.7. The van der Waals surface area contributed by atoms with Gasteiger partial charge in [0.1, 0.15) is 12.4 Å². The van der Waals surface area contributed by atoms with E-state index in [0.29, 0.717) is 25.1 Å². The number of carbonyl (C=O) groups is 2. The van der Waals surface area contributed by atoms with Crippen LogP contribution in [0.4, 0.5) is 22.4 Å². The molecule has 3 saturated heterocycles. The van der Waals surface area contributed by atoms with Gasteiger partial charge < -0.3 is 19.9 Å². The van der Waals surface area contributed by atoms with Crippen molar-refractivity contribution in [1.82, 2.24) is 19.4 Å². The number of benzene rings is 1. The Kier molecular flexibility index (Phi) is 6.26. The standard InChI is InChI=1S/C19H22F4N4O5S/c20-12-1-2-16(13(9-12)19(21,22)23)33(30,31)27-7-5-25(6-8-27)18(29)26-4-3-15-14(10-26)24-17(28)11-32-15/h1-2,9,14-15H,3-8,10-11H2,(H,24,28)/t14-,15+/m1/s1. The summed E-state index contributed by atoms with van der Waals surface area (Å²) < 4.78 is 85.3. The van der Waals surface area contributed by atoms with Gasteiger partial charge in [-0.15, -0.1) is 0 Å². The molecule has 0 unspecified atom stereocenters. The van der Waals surface area contributed by atoms with Crippen LogP contribution < -0.4 is 5.32 Å². The molecule has 0 saturated carbocycles. The number of urea groups is 1. The summed E-state index contributed by atoms with van der Waals surface area (Å²) in [6, 6.07) is 0.756. The first-order valence-electron chi connectivity index (χ1n) is 10.3. The number of ether oxygens (including phenoxy) is 1. The second-order valence-corrected chi connectivity index (χ2v) is 9.98. The van der Waals surface area contributed by atoms with E-state index < -0.39 is 32.5 Å². The van der Waals surface area contributed by atoms with Gasteiger partial charge >= 0.3 is 12.2 Å². The summed E-state index contributed by atoms with van der Waals surface area (Å²) in [5, 5.41) is 2.79. The molecular weight excluding hydrogens is 472 g/mol. The van der Waals surface area contributed by atoms with Gasteiger partial charge in [0.05, 0.1) is 22.6 Å². The van der Waals surface area contributed by atoms with Gasteiger partial charge in [-0.1, -0.05) is 0 Å². The second-order valence-electron chi connectivity index (χ2n) is 8.07. The van der Waals surface area contributed by atoms with Crippen molar-refractivity contribution in [3.8, 4) is 0 Å². The molecule has 3 fully saturated rings. The van der Waals surface area contributed by atoms with Crippen LogP contribution in [0.1, 0.15) is 12.0 Å². The van der Waals surface area contributed by atoms with Gasteiger partial charge in [-0.3, -0.25) is 4.79 Å². The van der Waals surface area contributed by atoms with Gasteiger partial charge in [-0.05, 0) is 24.6 Å². The van der Waals surface area contributed by atoms with Crippen LogP contribution >= 0.6 is 0 Å². The van der Waals surface area contributed by atoms with Crippen molar-refractivity contribution in [3.63, 3.8) is 0 Å². The quantitative estimate of drug-likeness (QED) is 0.615. The number of nitrogens with one attached hydrogen (secondary N) is 1. The van der Waals surface area contributed by atoms with E-state index >= 15 is 0 Å². The Labute approximate surface area is 187 Å². The molecule has 1 aromatic rings. The number of carbonyl (C=O) groups excluding carboxylic acids is 2. The zero-order chi connectivity index (χ0) is 24.0. The Bertz CT molecular complexity index is 1040. The molecule has 3 heterocycles. The number of rotatable bonds is 2. The molecule has 0 aliphatic carbocycles. The molecule has 4 rings (SSSR count). The number of piperidine rings is 1. The van der Waals surface area contributed by atoms with Gasteiger partial charge in [-0.25, -0.2) is 17.6 Å². The fourth-order valence-corrected chi connectivity index (χ4v) is 5.90. The molecule has 182 valence electrons. The van der Waals surface area contributed by atoms with Crippen LogP contribution in [0.3, 0.4) is 0 Å². The summed E-state index contributed by atoms with van der Waals surface area (Å²) in [7, 11) is -4.56. The van der Waals surface area contributed by atoms with Crippen LogP contribution in [0, 0.1) is 5.82 Å². The lowest BCUT2D eigenvalue weighted by Crippen LogP contribution is -2.63. The Balaban J connectivity index is 1.42. The van der Waals surface area contributed by atoms with E-state index in [0.717, 1.165) is 4.31 Å². The van der Waals surface area contributed by atoms with Gasteiger partial charge in [0.15, 0.2) is 0 Å². The molecule has 0 spiro atoms. The predicted octanol–water partition coefficient (Wildman–Crippen LogP) is 0.860. The third kappa shape index (κ3) is 4.77. The maximum Gasteiger partial charge on any atom is 0.417 e. The van der Waals surface area contributed by atoms with Crippen molar-refractivity contribution in [3.05, 3.63) is 29.6 Å². The number of sulfonamides is 1. The highest BCUT2D eigenvalue weighted by Crippen LogP contribution is 2.36. The predicted molar refractivity (Wildman–Crippen MR) is 105 cm³/mol. The molecule has 2 atom stereocenters. The number of piperazine rings is 1. The zero-order valence-corrected chi connectivity index (χ0v) is 18.2. The Hall–Kier alpha value is -2.45. The van der Waals surface area contributed by atoms with Gasteiger partial charge in [0.2, 0.25) is 15.9 Å². The Morgan fingerprint density at radius 2 is 1.79 bits per heavy atom. The molecule has 3 amide bonds. The highest BCUT2D eigenvalue weighted by atomic mass is 32.2. The lowest BCUT2D eigenvalue weighted by Gasteiger charge is -2.43. The number of amides is 3. The van der Waals surface area contributed by atoms with Crippen molar-refractivity contribution in [2.45, 2.75) is 29.6 Å². The van der Waals surface area contributed by atoms with Crippen molar-refractivity contribution >= 4 is 22.0 Å². The third-order valence-corrected chi connectivity index (χ3v) is 7.93. The van der Waals surface area contributed by atoms with Crippen LogP contribution in [0.2, 0.25) is 0 Å². The summed E-state index contributed by atoms with van der Waals surface area (Å²) in [4.78, 5) is 26.4. The van der Waals surface area contributed by atoms with Crippen molar-refractivity contribution in [2.75, 3.05) is 45.9 Å². The fourth-order valence-electron chi connectivity index (χ4n) is 4.28. The number of likely N-dealkylation sites (tertiary alicyclic amines) is 1. The van der Waals surface area contributed by atoms with Gasteiger partial charge in [-0.2, -0.15) is 17.5 Å². The molecule has 3 aliphatic rings.